The number of hydrogen-bond donors (Lipinski definition) is 2. The van der Waals surface area contributed by atoms with Crippen LogP contribution in [0.5, 0.6) is 0 Å². The Hall–Kier alpha value is -1.92. The van der Waals surface area contributed by atoms with E-state index >= 15 is 0 Å². The number of amides is 1. The zero-order valence-electron chi connectivity index (χ0n) is 13.8. The van der Waals surface area contributed by atoms with Gasteiger partial charge in [-0.2, -0.15) is 0 Å². The van der Waals surface area contributed by atoms with Crippen molar-refractivity contribution in [3.05, 3.63) is 47.0 Å². The lowest BCUT2D eigenvalue weighted by Gasteiger charge is -2.34. The van der Waals surface area contributed by atoms with Crippen molar-refractivity contribution in [3.63, 3.8) is 0 Å². The molecule has 3 N–H and O–H groups in total. The van der Waals surface area contributed by atoms with Gasteiger partial charge in [-0.1, -0.05) is 36.8 Å². The van der Waals surface area contributed by atoms with E-state index in [1.807, 2.05) is 23.6 Å². The van der Waals surface area contributed by atoms with E-state index in [9.17, 15) is 4.79 Å². The van der Waals surface area contributed by atoms with E-state index in [1.165, 1.54) is 16.9 Å². The first kappa shape index (κ1) is 16.9. The number of rotatable bonds is 6. The minimum atomic E-state index is -0.0283. The molecule has 0 unspecified atom stereocenters. The van der Waals surface area contributed by atoms with Gasteiger partial charge >= 0.3 is 0 Å². The fraction of sp³-hybridized carbons (Fsp3) is 0.444. The van der Waals surface area contributed by atoms with Crippen molar-refractivity contribution >= 4 is 22.4 Å². The maximum Gasteiger partial charge on any atom is 0.237 e. The molecule has 0 radical (unpaired) electrons. The number of nitrogens with two attached hydrogens (primary N) is 1. The van der Waals surface area contributed by atoms with Crippen LogP contribution in [0.4, 0.5) is 5.13 Å². The normalized spacial score (nSPS) is 18.4. The minimum Gasteiger partial charge on any atom is -0.375 e. The molecular weight excluding hydrogens is 320 g/mol. The molecule has 128 valence electrons. The first-order valence-corrected chi connectivity index (χ1v) is 9.36. The van der Waals surface area contributed by atoms with Gasteiger partial charge in [0.2, 0.25) is 5.91 Å². The molecule has 0 saturated carbocycles. The third-order valence-corrected chi connectivity index (χ3v) is 5.12. The summed E-state index contributed by atoms with van der Waals surface area (Å²) < 4.78 is 0. The van der Waals surface area contributed by atoms with Crippen LogP contribution in [0, 0.1) is 0 Å². The second kappa shape index (κ2) is 8.26. The van der Waals surface area contributed by atoms with Gasteiger partial charge in [0.25, 0.3) is 0 Å². The zero-order valence-corrected chi connectivity index (χ0v) is 14.6. The topological polar surface area (TPSA) is 71.2 Å². The van der Waals surface area contributed by atoms with Crippen molar-refractivity contribution in [3.8, 4) is 0 Å². The molecule has 2 heterocycles. The highest BCUT2D eigenvalue weighted by molar-refractivity contribution is 7.13. The van der Waals surface area contributed by atoms with Gasteiger partial charge in [0.05, 0.1) is 11.7 Å². The Morgan fingerprint density at radius 3 is 2.92 bits per heavy atom. The van der Waals surface area contributed by atoms with Gasteiger partial charge in [-0.05, 0) is 24.9 Å². The number of carbonyl (C=O) groups excluding carboxylic acids is 1. The Kier molecular flexibility index (Phi) is 5.82. The van der Waals surface area contributed by atoms with Gasteiger partial charge in [-0.3, -0.25) is 9.69 Å². The van der Waals surface area contributed by atoms with E-state index in [0.717, 1.165) is 44.5 Å². The van der Waals surface area contributed by atoms with E-state index in [2.05, 4.69) is 27.3 Å². The average molecular weight is 344 g/mol. The largest absolute Gasteiger partial charge is 0.375 e. The van der Waals surface area contributed by atoms with Crippen LogP contribution >= 0.6 is 11.3 Å². The first-order valence-electron chi connectivity index (χ1n) is 8.48. The SMILES string of the molecule is Nc1nc(CCNC(=O)[C@@H]2CCCCN2Cc2ccccc2)cs1. The summed E-state index contributed by atoms with van der Waals surface area (Å²) in [5.74, 6) is 0.133. The summed E-state index contributed by atoms with van der Waals surface area (Å²) in [4.78, 5) is 19.1. The van der Waals surface area contributed by atoms with Crippen molar-refractivity contribution in [2.45, 2.75) is 38.3 Å². The number of thiazole rings is 1. The number of nitrogens with zero attached hydrogens (tertiary/aromatic N) is 2. The monoisotopic (exact) mass is 344 g/mol. The number of nitrogen functional groups attached to an aromatic ring is 1. The lowest BCUT2D eigenvalue weighted by molar-refractivity contribution is -0.127. The van der Waals surface area contributed by atoms with Crippen LogP contribution in [0.25, 0.3) is 0 Å². The molecule has 3 rings (SSSR count). The van der Waals surface area contributed by atoms with Crippen molar-refractivity contribution < 1.29 is 4.79 Å². The van der Waals surface area contributed by atoms with E-state index in [1.54, 1.807) is 0 Å². The van der Waals surface area contributed by atoms with Crippen LogP contribution in [0.3, 0.4) is 0 Å². The van der Waals surface area contributed by atoms with Gasteiger partial charge < -0.3 is 11.1 Å². The van der Waals surface area contributed by atoms with Crippen molar-refractivity contribution in [2.75, 3.05) is 18.8 Å². The number of hydrogen-bond acceptors (Lipinski definition) is 5. The fourth-order valence-electron chi connectivity index (χ4n) is 3.16. The number of benzene rings is 1. The minimum absolute atomic E-state index is 0.0283. The van der Waals surface area contributed by atoms with Crippen molar-refractivity contribution in [2.24, 2.45) is 0 Å². The first-order chi connectivity index (χ1) is 11.7. The number of piperidine rings is 1. The van der Waals surface area contributed by atoms with E-state index < -0.39 is 0 Å². The molecule has 24 heavy (non-hydrogen) atoms. The Balaban J connectivity index is 1.53. The standard InChI is InChI=1S/C18H24N4OS/c19-18-21-15(13-24-18)9-10-20-17(23)16-8-4-5-11-22(16)12-14-6-2-1-3-7-14/h1-3,6-7,13,16H,4-5,8-12H2,(H2,19,21)(H,20,23)/t16-/m0/s1. The smallest absolute Gasteiger partial charge is 0.237 e. The Morgan fingerprint density at radius 2 is 2.17 bits per heavy atom. The molecule has 1 aromatic heterocycles. The predicted octanol–water partition coefficient (Wildman–Crippen LogP) is 2.44. The lowest BCUT2D eigenvalue weighted by Crippen LogP contribution is -2.49. The van der Waals surface area contributed by atoms with Crippen LogP contribution in [0.1, 0.15) is 30.5 Å². The predicted molar refractivity (Wildman–Crippen MR) is 97.7 cm³/mol. The fourth-order valence-corrected chi connectivity index (χ4v) is 3.76. The van der Waals surface area contributed by atoms with E-state index in [4.69, 9.17) is 5.73 Å². The molecular formula is C18H24N4OS. The van der Waals surface area contributed by atoms with Crippen LogP contribution in [-0.4, -0.2) is 34.9 Å². The molecule has 1 saturated heterocycles. The zero-order chi connectivity index (χ0) is 16.8. The van der Waals surface area contributed by atoms with E-state index in [0.29, 0.717) is 11.7 Å². The van der Waals surface area contributed by atoms with Crippen LogP contribution in [-0.2, 0) is 17.8 Å². The second-order valence-electron chi connectivity index (χ2n) is 6.19. The quantitative estimate of drug-likeness (QED) is 0.844. The van der Waals surface area contributed by atoms with Gasteiger partial charge in [0.15, 0.2) is 5.13 Å². The van der Waals surface area contributed by atoms with Crippen LogP contribution in [0.15, 0.2) is 35.7 Å². The Labute approximate surface area is 146 Å². The molecule has 0 spiro atoms. The summed E-state index contributed by atoms with van der Waals surface area (Å²) in [6.45, 7) is 2.43. The third-order valence-electron chi connectivity index (χ3n) is 4.39. The highest BCUT2D eigenvalue weighted by atomic mass is 32.1. The molecule has 1 aliphatic rings. The second-order valence-corrected chi connectivity index (χ2v) is 7.08. The van der Waals surface area contributed by atoms with Gasteiger partial charge in [-0.15, -0.1) is 11.3 Å². The maximum atomic E-state index is 12.6. The summed E-state index contributed by atoms with van der Waals surface area (Å²) in [5, 5.41) is 5.60. The number of anilines is 1. The van der Waals surface area contributed by atoms with E-state index in [-0.39, 0.29) is 11.9 Å². The highest BCUT2D eigenvalue weighted by Gasteiger charge is 2.28. The molecule has 0 bridgehead atoms. The summed E-state index contributed by atoms with van der Waals surface area (Å²) in [6, 6.07) is 10.3. The number of nitrogens with one attached hydrogen (secondary N) is 1. The Bertz CT molecular complexity index is 658. The molecule has 1 aliphatic heterocycles. The van der Waals surface area contributed by atoms with Crippen molar-refractivity contribution in [1.29, 1.82) is 0 Å². The highest BCUT2D eigenvalue weighted by Crippen LogP contribution is 2.20. The van der Waals surface area contributed by atoms with Gasteiger partial charge in [0, 0.05) is 24.9 Å². The molecule has 0 aliphatic carbocycles. The Morgan fingerprint density at radius 1 is 1.33 bits per heavy atom. The van der Waals surface area contributed by atoms with Crippen molar-refractivity contribution in [1.82, 2.24) is 15.2 Å². The number of likely N-dealkylation sites (tertiary alicyclic amines) is 1. The summed E-state index contributed by atoms with van der Waals surface area (Å²) in [6.07, 6.45) is 3.94. The molecule has 6 heteroatoms. The maximum absolute atomic E-state index is 12.6. The molecule has 1 amide bonds. The molecule has 1 aromatic carbocycles. The van der Waals surface area contributed by atoms with Crippen LogP contribution < -0.4 is 11.1 Å². The molecule has 1 fully saturated rings. The van der Waals surface area contributed by atoms with Gasteiger partial charge in [0.1, 0.15) is 0 Å². The summed E-state index contributed by atoms with van der Waals surface area (Å²) >= 11 is 1.44. The third kappa shape index (κ3) is 4.55. The van der Waals surface area contributed by atoms with Gasteiger partial charge in [-0.25, -0.2) is 4.98 Å². The molecule has 2 aromatic rings. The molecule has 5 nitrogen and oxygen atoms in total. The number of carbonyl (C=O) groups is 1. The summed E-state index contributed by atoms with van der Waals surface area (Å²) in [5.41, 5.74) is 7.84. The molecule has 1 atom stereocenters. The number of aromatic nitrogens is 1. The van der Waals surface area contributed by atoms with Crippen LogP contribution in [0.2, 0.25) is 0 Å². The summed E-state index contributed by atoms with van der Waals surface area (Å²) in [7, 11) is 0. The average Bonchev–Trinajstić information content (AvgIpc) is 3.01. The lowest BCUT2D eigenvalue weighted by atomic mass is 10.0.